The molecule has 3 nitrogen and oxygen atoms in total. The summed E-state index contributed by atoms with van der Waals surface area (Å²) in [5.74, 6) is 0.946. The highest BCUT2D eigenvalue weighted by molar-refractivity contribution is 5.33. The first-order valence-corrected chi connectivity index (χ1v) is 7.05. The normalized spacial score (nSPS) is 11.6. The molecular formula is C16H27NO2. The minimum Gasteiger partial charge on any atom is -0.493 e. The smallest absolute Gasteiger partial charge is 0.123 e. The van der Waals surface area contributed by atoms with Crippen molar-refractivity contribution in [2.45, 2.75) is 40.2 Å². The Balaban J connectivity index is 2.44. The average Bonchev–Trinajstić information content (AvgIpc) is 2.35. The Hall–Kier alpha value is -1.06. The number of hydrogen-bond acceptors (Lipinski definition) is 3. The molecule has 19 heavy (non-hydrogen) atoms. The molecule has 0 aliphatic rings. The molecule has 0 unspecified atom stereocenters. The van der Waals surface area contributed by atoms with Gasteiger partial charge in [-0.15, -0.1) is 0 Å². The number of rotatable bonds is 8. The summed E-state index contributed by atoms with van der Waals surface area (Å²) in [6.07, 6.45) is 1.69. The summed E-state index contributed by atoms with van der Waals surface area (Å²) >= 11 is 0. The maximum Gasteiger partial charge on any atom is 0.123 e. The Morgan fingerprint density at radius 3 is 2.58 bits per heavy atom. The van der Waals surface area contributed by atoms with E-state index in [0.29, 0.717) is 6.61 Å². The largest absolute Gasteiger partial charge is 0.493 e. The molecule has 0 spiro atoms. The first-order valence-electron chi connectivity index (χ1n) is 7.05. The quantitative estimate of drug-likeness (QED) is 0.710. The van der Waals surface area contributed by atoms with E-state index in [1.165, 1.54) is 5.56 Å². The van der Waals surface area contributed by atoms with E-state index in [0.717, 1.165) is 31.7 Å². The van der Waals surface area contributed by atoms with Crippen LogP contribution < -0.4 is 10.1 Å². The molecule has 0 aliphatic heterocycles. The van der Waals surface area contributed by atoms with Crippen LogP contribution in [0.2, 0.25) is 0 Å². The van der Waals surface area contributed by atoms with Crippen molar-refractivity contribution in [1.82, 2.24) is 5.32 Å². The standard InChI is InChI=1S/C16H27NO2/c1-16(2,3)13-17-12-14-8-4-5-9-15(14)19-11-7-6-10-18/h4-5,8-9,17-18H,6-7,10-13H2,1-3H3. The van der Waals surface area contributed by atoms with E-state index < -0.39 is 0 Å². The zero-order valence-electron chi connectivity index (χ0n) is 12.4. The average molecular weight is 265 g/mol. The lowest BCUT2D eigenvalue weighted by Gasteiger charge is -2.19. The van der Waals surface area contributed by atoms with E-state index in [-0.39, 0.29) is 12.0 Å². The van der Waals surface area contributed by atoms with Crippen LogP contribution in [0.4, 0.5) is 0 Å². The Bertz CT molecular complexity index is 358. The van der Waals surface area contributed by atoms with Crippen molar-refractivity contribution in [3.8, 4) is 5.75 Å². The van der Waals surface area contributed by atoms with Gasteiger partial charge in [-0.05, 0) is 24.3 Å². The van der Waals surface area contributed by atoms with Gasteiger partial charge in [-0.2, -0.15) is 0 Å². The lowest BCUT2D eigenvalue weighted by Crippen LogP contribution is -2.26. The number of para-hydroxylation sites is 1. The Morgan fingerprint density at radius 1 is 1.16 bits per heavy atom. The van der Waals surface area contributed by atoms with Crippen LogP contribution in [0.25, 0.3) is 0 Å². The van der Waals surface area contributed by atoms with Gasteiger partial charge in [-0.1, -0.05) is 39.0 Å². The second-order valence-electron chi connectivity index (χ2n) is 6.05. The van der Waals surface area contributed by atoms with Crippen LogP contribution in [0.15, 0.2) is 24.3 Å². The highest BCUT2D eigenvalue weighted by atomic mass is 16.5. The summed E-state index contributed by atoms with van der Waals surface area (Å²) in [5, 5.41) is 12.2. The van der Waals surface area contributed by atoms with Crippen molar-refractivity contribution in [3.63, 3.8) is 0 Å². The molecule has 1 aromatic rings. The zero-order valence-corrected chi connectivity index (χ0v) is 12.4. The first kappa shape index (κ1) is 16.0. The predicted octanol–water partition coefficient (Wildman–Crippen LogP) is 2.97. The van der Waals surface area contributed by atoms with Crippen LogP contribution in [-0.4, -0.2) is 24.9 Å². The lowest BCUT2D eigenvalue weighted by molar-refractivity contribution is 0.252. The van der Waals surface area contributed by atoms with Crippen LogP contribution in [0.5, 0.6) is 5.75 Å². The van der Waals surface area contributed by atoms with Crippen molar-refractivity contribution in [1.29, 1.82) is 0 Å². The SMILES string of the molecule is CC(C)(C)CNCc1ccccc1OCCCCO. The molecular weight excluding hydrogens is 238 g/mol. The summed E-state index contributed by atoms with van der Waals surface area (Å²) in [5.41, 5.74) is 1.48. The number of nitrogens with one attached hydrogen (secondary N) is 1. The topological polar surface area (TPSA) is 41.5 Å². The third-order valence-electron chi connectivity index (χ3n) is 2.75. The molecule has 108 valence electrons. The van der Waals surface area contributed by atoms with Crippen molar-refractivity contribution < 1.29 is 9.84 Å². The van der Waals surface area contributed by atoms with Crippen LogP contribution in [0, 0.1) is 5.41 Å². The van der Waals surface area contributed by atoms with Gasteiger partial charge in [-0.3, -0.25) is 0 Å². The summed E-state index contributed by atoms with van der Waals surface area (Å²) < 4.78 is 5.77. The Kier molecular flexibility index (Phi) is 6.89. The molecule has 0 fully saturated rings. The second kappa shape index (κ2) is 8.18. The van der Waals surface area contributed by atoms with Gasteiger partial charge in [0.15, 0.2) is 0 Å². The van der Waals surface area contributed by atoms with Crippen LogP contribution in [0.3, 0.4) is 0 Å². The molecule has 2 N–H and O–H groups in total. The molecule has 0 aliphatic carbocycles. The lowest BCUT2D eigenvalue weighted by atomic mass is 9.97. The number of unbranched alkanes of at least 4 members (excludes halogenated alkanes) is 1. The maximum absolute atomic E-state index is 8.74. The summed E-state index contributed by atoms with van der Waals surface area (Å²) in [7, 11) is 0. The van der Waals surface area contributed by atoms with Gasteiger partial charge >= 0.3 is 0 Å². The van der Waals surface area contributed by atoms with E-state index in [1.807, 2.05) is 18.2 Å². The molecule has 0 aromatic heterocycles. The Labute approximate surface area is 117 Å². The zero-order chi connectivity index (χ0) is 14.1. The van der Waals surface area contributed by atoms with Gasteiger partial charge in [0.1, 0.15) is 5.75 Å². The summed E-state index contributed by atoms with van der Waals surface area (Å²) in [6.45, 7) is 9.36. The minimum atomic E-state index is 0.234. The van der Waals surface area contributed by atoms with Gasteiger partial charge in [0.2, 0.25) is 0 Å². The minimum absolute atomic E-state index is 0.234. The molecule has 0 amide bonds. The fraction of sp³-hybridized carbons (Fsp3) is 0.625. The fourth-order valence-electron chi connectivity index (χ4n) is 1.76. The monoisotopic (exact) mass is 265 g/mol. The highest BCUT2D eigenvalue weighted by Crippen LogP contribution is 2.19. The molecule has 0 atom stereocenters. The predicted molar refractivity (Wildman–Crippen MR) is 79.4 cm³/mol. The summed E-state index contributed by atoms with van der Waals surface area (Å²) in [4.78, 5) is 0. The molecule has 0 bridgehead atoms. The fourth-order valence-corrected chi connectivity index (χ4v) is 1.76. The van der Waals surface area contributed by atoms with Crippen LogP contribution in [-0.2, 0) is 6.54 Å². The van der Waals surface area contributed by atoms with Gasteiger partial charge in [0.25, 0.3) is 0 Å². The third kappa shape index (κ3) is 7.19. The van der Waals surface area contributed by atoms with Gasteiger partial charge in [-0.25, -0.2) is 0 Å². The van der Waals surface area contributed by atoms with E-state index in [2.05, 4.69) is 32.2 Å². The van der Waals surface area contributed by atoms with E-state index in [9.17, 15) is 0 Å². The van der Waals surface area contributed by atoms with E-state index in [4.69, 9.17) is 9.84 Å². The molecule has 3 heteroatoms. The van der Waals surface area contributed by atoms with Gasteiger partial charge in [0, 0.05) is 25.3 Å². The van der Waals surface area contributed by atoms with E-state index >= 15 is 0 Å². The van der Waals surface area contributed by atoms with Crippen molar-refractivity contribution in [2.24, 2.45) is 5.41 Å². The molecule has 0 radical (unpaired) electrons. The molecule has 0 saturated heterocycles. The first-order chi connectivity index (χ1) is 9.03. The van der Waals surface area contributed by atoms with Crippen molar-refractivity contribution in [2.75, 3.05) is 19.8 Å². The molecule has 0 heterocycles. The molecule has 1 rings (SSSR count). The highest BCUT2D eigenvalue weighted by Gasteiger charge is 2.10. The van der Waals surface area contributed by atoms with Gasteiger partial charge < -0.3 is 15.2 Å². The number of hydrogen-bond donors (Lipinski definition) is 2. The van der Waals surface area contributed by atoms with Crippen LogP contribution in [0.1, 0.15) is 39.2 Å². The third-order valence-corrected chi connectivity index (χ3v) is 2.75. The van der Waals surface area contributed by atoms with Crippen molar-refractivity contribution in [3.05, 3.63) is 29.8 Å². The van der Waals surface area contributed by atoms with Crippen molar-refractivity contribution >= 4 is 0 Å². The number of benzene rings is 1. The molecule has 1 aromatic carbocycles. The maximum atomic E-state index is 8.74. The van der Waals surface area contributed by atoms with Crippen LogP contribution >= 0.6 is 0 Å². The number of aliphatic hydroxyl groups excluding tert-OH is 1. The molecule has 0 saturated carbocycles. The Morgan fingerprint density at radius 2 is 1.89 bits per heavy atom. The number of ether oxygens (including phenoxy) is 1. The summed E-state index contributed by atoms with van der Waals surface area (Å²) in [6, 6.07) is 8.13. The second-order valence-corrected chi connectivity index (χ2v) is 6.05. The van der Waals surface area contributed by atoms with Gasteiger partial charge in [0.05, 0.1) is 6.61 Å². The number of aliphatic hydroxyl groups is 1. The van der Waals surface area contributed by atoms with E-state index in [1.54, 1.807) is 0 Å².